The van der Waals surface area contributed by atoms with Crippen molar-refractivity contribution in [3.8, 4) is 0 Å². The molecule has 4 nitrogen and oxygen atoms in total. The number of carbonyl (C=O) groups excluding carboxylic acids is 1. The van der Waals surface area contributed by atoms with E-state index in [1.807, 2.05) is 48.5 Å². The Morgan fingerprint density at radius 1 is 1.08 bits per heavy atom. The first-order valence-corrected chi connectivity index (χ1v) is 8.36. The summed E-state index contributed by atoms with van der Waals surface area (Å²) in [5.74, 6) is 0.281. The molecule has 1 amide bonds. The Morgan fingerprint density at radius 2 is 1.79 bits per heavy atom. The van der Waals surface area contributed by atoms with Gasteiger partial charge in [-0.3, -0.25) is 9.78 Å². The van der Waals surface area contributed by atoms with Crippen molar-refractivity contribution < 1.29 is 4.79 Å². The molecule has 0 aliphatic heterocycles. The number of para-hydroxylation sites is 2. The lowest BCUT2D eigenvalue weighted by atomic mass is 10.0. The van der Waals surface area contributed by atoms with Crippen molar-refractivity contribution in [2.24, 2.45) is 5.92 Å². The Kier molecular flexibility index (Phi) is 3.90. The number of halogens is 1. The van der Waals surface area contributed by atoms with Crippen LogP contribution < -0.4 is 5.32 Å². The molecule has 0 bridgehead atoms. The summed E-state index contributed by atoms with van der Waals surface area (Å²) in [6, 6.07) is 15.2. The molecule has 5 heteroatoms. The van der Waals surface area contributed by atoms with Crippen LogP contribution in [-0.4, -0.2) is 15.9 Å². The van der Waals surface area contributed by atoms with Gasteiger partial charge in [0.2, 0.25) is 0 Å². The minimum absolute atomic E-state index is 0.0111. The van der Waals surface area contributed by atoms with E-state index < -0.39 is 0 Å². The molecular formula is C19H16ClN3O. The topological polar surface area (TPSA) is 54.9 Å². The van der Waals surface area contributed by atoms with E-state index in [1.165, 1.54) is 6.20 Å². The number of hydrogen-bond donors (Lipinski definition) is 1. The van der Waals surface area contributed by atoms with E-state index in [0.29, 0.717) is 16.6 Å². The van der Waals surface area contributed by atoms with Crippen molar-refractivity contribution in [3.05, 3.63) is 71.0 Å². The van der Waals surface area contributed by atoms with Crippen LogP contribution in [0.4, 0.5) is 0 Å². The normalized spacial score (nSPS) is 15.2. The average Bonchev–Trinajstić information content (AvgIpc) is 3.45. The summed E-state index contributed by atoms with van der Waals surface area (Å²) in [7, 11) is 0. The summed E-state index contributed by atoms with van der Waals surface area (Å²) in [4.78, 5) is 21.4. The summed E-state index contributed by atoms with van der Waals surface area (Å²) in [5, 5.41) is 3.81. The minimum atomic E-state index is -0.194. The number of nitrogens with one attached hydrogen (secondary N) is 1. The molecule has 1 N–H and O–H groups in total. The Hall–Kier alpha value is -2.46. The fourth-order valence-electron chi connectivity index (χ4n) is 2.85. The van der Waals surface area contributed by atoms with Crippen molar-refractivity contribution in [2.75, 3.05) is 0 Å². The van der Waals surface area contributed by atoms with E-state index in [9.17, 15) is 4.79 Å². The van der Waals surface area contributed by atoms with E-state index in [1.54, 1.807) is 0 Å². The molecule has 0 saturated heterocycles. The molecule has 1 fully saturated rings. The van der Waals surface area contributed by atoms with Gasteiger partial charge in [0, 0.05) is 5.02 Å². The molecule has 1 saturated carbocycles. The summed E-state index contributed by atoms with van der Waals surface area (Å²) >= 11 is 5.96. The standard InChI is InChI=1S/C19H16ClN3O/c20-14-9-7-13(8-10-14)18(12-5-6-12)23-19(24)17-11-21-15-3-1-2-4-16(15)22-17/h1-4,7-12,18H,5-6H2,(H,23,24)/t18-/m0/s1. The average molecular weight is 338 g/mol. The van der Waals surface area contributed by atoms with Gasteiger partial charge >= 0.3 is 0 Å². The molecule has 0 unspecified atom stereocenters. The van der Waals surface area contributed by atoms with Gasteiger partial charge < -0.3 is 5.32 Å². The fourth-order valence-corrected chi connectivity index (χ4v) is 2.98. The number of fused-ring (bicyclic) bond motifs is 1. The first-order valence-electron chi connectivity index (χ1n) is 7.99. The van der Waals surface area contributed by atoms with Gasteiger partial charge in [-0.1, -0.05) is 35.9 Å². The van der Waals surface area contributed by atoms with Gasteiger partial charge in [0.15, 0.2) is 0 Å². The predicted molar refractivity (Wildman–Crippen MR) is 93.9 cm³/mol. The molecule has 120 valence electrons. The summed E-state index contributed by atoms with van der Waals surface area (Å²) in [5.41, 5.74) is 2.92. The molecule has 1 atom stereocenters. The van der Waals surface area contributed by atoms with Gasteiger partial charge in [-0.2, -0.15) is 0 Å². The molecule has 2 aromatic carbocycles. The quantitative estimate of drug-likeness (QED) is 0.777. The van der Waals surface area contributed by atoms with Crippen molar-refractivity contribution in [1.29, 1.82) is 0 Å². The van der Waals surface area contributed by atoms with Gasteiger partial charge in [0.1, 0.15) is 5.69 Å². The summed E-state index contributed by atoms with van der Waals surface area (Å²) < 4.78 is 0. The Bertz CT molecular complexity index is 891. The van der Waals surface area contributed by atoms with E-state index in [0.717, 1.165) is 29.4 Å². The Balaban J connectivity index is 1.59. The van der Waals surface area contributed by atoms with Gasteiger partial charge in [-0.05, 0) is 48.6 Å². The third kappa shape index (κ3) is 3.10. The molecule has 3 aromatic rings. The highest BCUT2D eigenvalue weighted by Crippen LogP contribution is 2.41. The van der Waals surface area contributed by atoms with Crippen molar-refractivity contribution in [1.82, 2.24) is 15.3 Å². The minimum Gasteiger partial charge on any atom is -0.344 e. The van der Waals surface area contributed by atoms with Crippen LogP contribution in [0.3, 0.4) is 0 Å². The van der Waals surface area contributed by atoms with Crippen LogP contribution >= 0.6 is 11.6 Å². The molecule has 1 aliphatic rings. The number of nitrogens with zero attached hydrogens (tertiary/aromatic N) is 2. The number of hydrogen-bond acceptors (Lipinski definition) is 3. The van der Waals surface area contributed by atoms with Gasteiger partial charge in [-0.25, -0.2) is 4.98 Å². The van der Waals surface area contributed by atoms with Gasteiger partial charge in [0.25, 0.3) is 5.91 Å². The third-order valence-corrected chi connectivity index (χ3v) is 4.54. The maximum atomic E-state index is 12.6. The highest BCUT2D eigenvalue weighted by Gasteiger charge is 2.33. The number of carbonyl (C=O) groups is 1. The SMILES string of the molecule is O=C(N[C@H](c1ccc(Cl)cc1)C1CC1)c1cnc2ccccc2n1. The van der Waals surface area contributed by atoms with Crippen molar-refractivity contribution in [2.45, 2.75) is 18.9 Å². The van der Waals surface area contributed by atoms with E-state index >= 15 is 0 Å². The van der Waals surface area contributed by atoms with Gasteiger partial charge in [-0.15, -0.1) is 0 Å². The number of amides is 1. The highest BCUT2D eigenvalue weighted by atomic mass is 35.5. The zero-order chi connectivity index (χ0) is 16.5. The fraction of sp³-hybridized carbons (Fsp3) is 0.211. The molecule has 1 aliphatic carbocycles. The van der Waals surface area contributed by atoms with Crippen molar-refractivity contribution in [3.63, 3.8) is 0 Å². The molecular weight excluding hydrogens is 322 g/mol. The first kappa shape index (κ1) is 15.1. The number of benzene rings is 2. The van der Waals surface area contributed by atoms with Crippen molar-refractivity contribution >= 4 is 28.5 Å². The summed E-state index contributed by atoms with van der Waals surface area (Å²) in [6.07, 6.45) is 3.78. The van der Waals surface area contributed by atoms with Crippen LogP contribution in [0.15, 0.2) is 54.7 Å². The summed E-state index contributed by atoms with van der Waals surface area (Å²) in [6.45, 7) is 0. The second kappa shape index (κ2) is 6.21. The smallest absolute Gasteiger partial charge is 0.271 e. The zero-order valence-electron chi connectivity index (χ0n) is 12.9. The first-order chi connectivity index (χ1) is 11.7. The number of aromatic nitrogens is 2. The molecule has 0 radical (unpaired) electrons. The number of rotatable bonds is 4. The van der Waals surface area contributed by atoms with E-state index in [-0.39, 0.29) is 11.9 Å². The Labute approximate surface area is 144 Å². The second-order valence-corrected chi connectivity index (χ2v) is 6.52. The molecule has 24 heavy (non-hydrogen) atoms. The van der Waals surface area contributed by atoms with Crippen LogP contribution in [0.1, 0.15) is 34.9 Å². The lowest BCUT2D eigenvalue weighted by Crippen LogP contribution is -2.30. The Morgan fingerprint density at radius 3 is 2.50 bits per heavy atom. The lowest BCUT2D eigenvalue weighted by molar-refractivity contribution is 0.0926. The highest BCUT2D eigenvalue weighted by molar-refractivity contribution is 6.30. The van der Waals surface area contributed by atoms with Crippen LogP contribution in [0, 0.1) is 5.92 Å². The van der Waals surface area contributed by atoms with Crippen LogP contribution in [0.5, 0.6) is 0 Å². The maximum Gasteiger partial charge on any atom is 0.271 e. The van der Waals surface area contributed by atoms with E-state index in [2.05, 4.69) is 15.3 Å². The van der Waals surface area contributed by atoms with Crippen LogP contribution in [-0.2, 0) is 0 Å². The molecule has 0 spiro atoms. The molecule has 1 aromatic heterocycles. The zero-order valence-corrected chi connectivity index (χ0v) is 13.7. The van der Waals surface area contributed by atoms with Gasteiger partial charge in [0.05, 0.1) is 23.3 Å². The monoisotopic (exact) mass is 337 g/mol. The van der Waals surface area contributed by atoms with E-state index in [4.69, 9.17) is 11.6 Å². The molecule has 1 heterocycles. The maximum absolute atomic E-state index is 12.6. The second-order valence-electron chi connectivity index (χ2n) is 6.08. The van der Waals surface area contributed by atoms with Crippen LogP contribution in [0.25, 0.3) is 11.0 Å². The third-order valence-electron chi connectivity index (χ3n) is 4.29. The van der Waals surface area contributed by atoms with Crippen LogP contribution in [0.2, 0.25) is 5.02 Å². The predicted octanol–water partition coefficient (Wildman–Crippen LogP) is 4.16. The lowest BCUT2D eigenvalue weighted by Gasteiger charge is -2.18. The molecule has 4 rings (SSSR count). The largest absolute Gasteiger partial charge is 0.344 e.